The van der Waals surface area contributed by atoms with E-state index in [2.05, 4.69) is 26.2 Å². The monoisotopic (exact) mass is 431 g/mol. The number of carbonyl (C=O) groups is 1. The van der Waals surface area contributed by atoms with E-state index < -0.39 is 10.0 Å². The molecule has 0 unspecified atom stereocenters. The van der Waals surface area contributed by atoms with Gasteiger partial charge < -0.3 is 5.32 Å². The van der Waals surface area contributed by atoms with Crippen LogP contribution in [0.2, 0.25) is 0 Å². The summed E-state index contributed by atoms with van der Waals surface area (Å²) in [6.45, 7) is 1.76. The van der Waals surface area contributed by atoms with Gasteiger partial charge in [0.25, 0.3) is 5.91 Å². The first-order valence-corrected chi connectivity index (χ1v) is 11.0. The number of hydrogen-bond acceptors (Lipinski definition) is 5. The molecule has 0 spiro atoms. The molecule has 0 aliphatic carbocycles. The van der Waals surface area contributed by atoms with Crippen molar-refractivity contribution in [1.29, 1.82) is 0 Å². The van der Waals surface area contributed by atoms with E-state index in [0.29, 0.717) is 34.8 Å². The number of benzene rings is 1. The van der Waals surface area contributed by atoms with Crippen molar-refractivity contribution in [3.8, 4) is 0 Å². The predicted octanol–water partition coefficient (Wildman–Crippen LogP) is 2.46. The number of aliphatic imine (C=N–C) groups is 1. The van der Waals surface area contributed by atoms with Gasteiger partial charge in [-0.1, -0.05) is 18.2 Å². The molecule has 0 saturated carbocycles. The maximum absolute atomic E-state index is 12.8. The Balaban J connectivity index is 1.86. The van der Waals surface area contributed by atoms with E-state index in [-0.39, 0.29) is 10.8 Å². The van der Waals surface area contributed by atoms with Crippen LogP contribution < -0.4 is 5.32 Å². The van der Waals surface area contributed by atoms with E-state index in [1.165, 1.54) is 28.2 Å². The number of piperidine rings is 1. The lowest BCUT2D eigenvalue weighted by molar-refractivity contribution is 0.0977. The number of amides is 1. The molecule has 0 radical (unpaired) electrons. The van der Waals surface area contributed by atoms with Crippen molar-refractivity contribution in [3.05, 3.63) is 28.2 Å². The molecule has 1 N–H and O–H groups in total. The number of amidine groups is 1. The summed E-state index contributed by atoms with van der Waals surface area (Å²) in [5, 5.41) is 3.31. The van der Waals surface area contributed by atoms with Crippen LogP contribution in [0.3, 0.4) is 0 Å². The maximum Gasteiger partial charge on any atom is 0.258 e. The smallest absolute Gasteiger partial charge is 0.258 e. The number of halogens is 1. The summed E-state index contributed by atoms with van der Waals surface area (Å²) >= 11 is 4.81. The number of thioether (sulfide) groups is 1. The van der Waals surface area contributed by atoms with Crippen LogP contribution in [-0.4, -0.2) is 49.2 Å². The van der Waals surface area contributed by atoms with Crippen molar-refractivity contribution in [1.82, 2.24) is 9.62 Å². The highest BCUT2D eigenvalue weighted by Crippen LogP contribution is 2.25. The third-order valence-corrected chi connectivity index (χ3v) is 7.42. The fourth-order valence-electron chi connectivity index (χ4n) is 2.67. The van der Waals surface area contributed by atoms with E-state index >= 15 is 0 Å². The second-order valence-electron chi connectivity index (χ2n) is 5.60. The molecule has 1 aromatic carbocycles. The van der Waals surface area contributed by atoms with Crippen LogP contribution in [0.4, 0.5) is 0 Å². The standard InChI is InChI=1S/C15H18BrN3O3S2/c16-13-5-4-11(24(21,22)19-7-2-1-3-8-19)10-12(13)14(20)18-15-17-6-9-23-15/h4-5,10H,1-3,6-9H2,(H,17,18,20). The number of rotatable bonds is 3. The molecule has 0 bridgehead atoms. The number of carbonyl (C=O) groups excluding carboxylic acids is 1. The fourth-order valence-corrected chi connectivity index (χ4v) is 5.36. The van der Waals surface area contributed by atoms with E-state index in [9.17, 15) is 13.2 Å². The molecule has 3 rings (SSSR count). The Hall–Kier alpha value is -0.900. The first kappa shape index (κ1) is 17.9. The highest BCUT2D eigenvalue weighted by Gasteiger charge is 2.27. The maximum atomic E-state index is 12.8. The molecule has 6 nitrogen and oxygen atoms in total. The van der Waals surface area contributed by atoms with Gasteiger partial charge in [0.05, 0.1) is 17.0 Å². The van der Waals surface area contributed by atoms with E-state index in [4.69, 9.17) is 0 Å². The van der Waals surface area contributed by atoms with Crippen LogP contribution in [0.1, 0.15) is 29.6 Å². The molecule has 1 aromatic rings. The first-order valence-electron chi connectivity index (χ1n) is 7.77. The quantitative estimate of drug-likeness (QED) is 0.796. The van der Waals surface area contributed by atoms with Crippen molar-refractivity contribution < 1.29 is 13.2 Å². The highest BCUT2D eigenvalue weighted by molar-refractivity contribution is 9.10. The molecule has 24 heavy (non-hydrogen) atoms. The number of sulfonamides is 1. The lowest BCUT2D eigenvalue weighted by atomic mass is 10.2. The summed E-state index contributed by atoms with van der Waals surface area (Å²) in [7, 11) is -3.57. The molecule has 9 heteroatoms. The Labute approximate surface area is 154 Å². The van der Waals surface area contributed by atoms with E-state index in [1.807, 2.05) is 0 Å². The fraction of sp³-hybridized carbons (Fsp3) is 0.467. The molecule has 1 amide bonds. The van der Waals surface area contributed by atoms with Gasteiger partial charge in [-0.15, -0.1) is 0 Å². The summed E-state index contributed by atoms with van der Waals surface area (Å²) in [6.07, 6.45) is 2.81. The Bertz CT molecular complexity index is 774. The van der Waals surface area contributed by atoms with Crippen LogP contribution in [-0.2, 0) is 10.0 Å². The molecular formula is C15H18BrN3O3S2. The number of hydrogen-bond donors (Lipinski definition) is 1. The van der Waals surface area contributed by atoms with Crippen LogP contribution >= 0.6 is 27.7 Å². The molecule has 0 atom stereocenters. The molecule has 130 valence electrons. The summed E-state index contributed by atoms with van der Waals surface area (Å²) in [5.41, 5.74) is 0.295. The van der Waals surface area contributed by atoms with Gasteiger partial charge in [-0.3, -0.25) is 9.79 Å². The highest BCUT2D eigenvalue weighted by atomic mass is 79.9. The largest absolute Gasteiger partial charge is 0.301 e. The molecule has 2 aliphatic rings. The van der Waals surface area contributed by atoms with Crippen LogP contribution in [0, 0.1) is 0 Å². The van der Waals surface area contributed by atoms with E-state index in [0.717, 1.165) is 25.0 Å². The van der Waals surface area contributed by atoms with Crippen molar-refractivity contribution >= 4 is 48.8 Å². The molecule has 2 heterocycles. The topological polar surface area (TPSA) is 78.8 Å². The third kappa shape index (κ3) is 3.84. The second-order valence-corrected chi connectivity index (χ2v) is 9.47. The van der Waals surface area contributed by atoms with Crippen molar-refractivity contribution in [3.63, 3.8) is 0 Å². The van der Waals surface area contributed by atoms with Crippen molar-refractivity contribution in [2.45, 2.75) is 24.2 Å². The predicted molar refractivity (Wildman–Crippen MR) is 99.0 cm³/mol. The Morgan fingerprint density at radius 1 is 1.25 bits per heavy atom. The molecule has 1 fully saturated rings. The molecule has 0 aromatic heterocycles. The van der Waals surface area contributed by atoms with Gasteiger partial charge in [-0.2, -0.15) is 4.31 Å². The van der Waals surface area contributed by atoms with Crippen LogP contribution in [0.25, 0.3) is 0 Å². The minimum absolute atomic E-state index is 0.152. The van der Waals surface area contributed by atoms with Gasteiger partial charge in [0.1, 0.15) is 0 Å². The number of nitrogens with zero attached hydrogens (tertiary/aromatic N) is 2. The SMILES string of the molecule is O=C(NC1=NCCS1)c1cc(S(=O)(=O)N2CCCCC2)ccc1Br. The molecule has 1 saturated heterocycles. The zero-order chi connectivity index (χ0) is 17.2. The molecular weight excluding hydrogens is 414 g/mol. The Morgan fingerprint density at radius 3 is 2.67 bits per heavy atom. The lowest BCUT2D eigenvalue weighted by Crippen LogP contribution is -2.35. The van der Waals surface area contributed by atoms with Crippen molar-refractivity contribution in [2.75, 3.05) is 25.4 Å². The lowest BCUT2D eigenvalue weighted by Gasteiger charge is -2.26. The van der Waals surface area contributed by atoms with Crippen molar-refractivity contribution in [2.24, 2.45) is 4.99 Å². The van der Waals surface area contributed by atoms with Gasteiger partial charge >= 0.3 is 0 Å². The second kappa shape index (κ2) is 7.55. The first-order chi connectivity index (χ1) is 11.5. The molecule has 2 aliphatic heterocycles. The zero-order valence-electron chi connectivity index (χ0n) is 13.0. The Morgan fingerprint density at radius 2 is 2.00 bits per heavy atom. The van der Waals surface area contributed by atoms with Gasteiger partial charge in [0.2, 0.25) is 10.0 Å². The van der Waals surface area contributed by atoms with Gasteiger partial charge in [0.15, 0.2) is 5.17 Å². The van der Waals surface area contributed by atoms with E-state index in [1.54, 1.807) is 6.07 Å². The Kier molecular flexibility index (Phi) is 5.63. The minimum Gasteiger partial charge on any atom is -0.301 e. The van der Waals surface area contributed by atoms with Gasteiger partial charge in [-0.25, -0.2) is 8.42 Å². The summed E-state index contributed by atoms with van der Waals surface area (Å²) < 4.78 is 27.6. The zero-order valence-corrected chi connectivity index (χ0v) is 16.2. The summed E-state index contributed by atoms with van der Waals surface area (Å²) in [6, 6.07) is 4.57. The van der Waals surface area contributed by atoms with Crippen LogP contribution in [0.5, 0.6) is 0 Å². The van der Waals surface area contributed by atoms with Gasteiger partial charge in [-0.05, 0) is 47.0 Å². The van der Waals surface area contributed by atoms with Crippen LogP contribution in [0.15, 0.2) is 32.6 Å². The average Bonchev–Trinajstić information content (AvgIpc) is 3.08. The normalized spacial score (nSPS) is 19.1. The summed E-state index contributed by atoms with van der Waals surface area (Å²) in [5.74, 6) is 0.492. The third-order valence-electron chi connectivity index (χ3n) is 3.94. The van der Waals surface area contributed by atoms with Gasteiger partial charge in [0, 0.05) is 23.3 Å². The average molecular weight is 432 g/mol. The number of nitrogens with one attached hydrogen (secondary N) is 1. The minimum atomic E-state index is -3.57. The summed E-state index contributed by atoms with van der Waals surface area (Å²) in [4.78, 5) is 16.8.